The first-order valence-electron chi connectivity index (χ1n) is 11.0. The minimum Gasteiger partial charge on any atom is -0.363 e. The molecule has 1 amide bonds. The van der Waals surface area contributed by atoms with Gasteiger partial charge in [-0.3, -0.25) is 4.79 Å². The summed E-state index contributed by atoms with van der Waals surface area (Å²) >= 11 is 1.31. The molecular formula is C23H25N3O4S2. The van der Waals surface area contributed by atoms with Gasteiger partial charge >= 0.3 is 0 Å². The summed E-state index contributed by atoms with van der Waals surface area (Å²) in [5.74, 6) is 0.0665. The number of amides is 1. The lowest BCUT2D eigenvalue weighted by atomic mass is 9.90. The average Bonchev–Trinajstić information content (AvgIpc) is 3.31. The van der Waals surface area contributed by atoms with Crippen LogP contribution in [0.1, 0.15) is 25.7 Å². The maximum Gasteiger partial charge on any atom is 0.252 e. The largest absolute Gasteiger partial charge is 0.363 e. The van der Waals surface area contributed by atoms with E-state index in [9.17, 15) is 13.2 Å². The number of rotatable bonds is 4. The Kier molecular flexibility index (Phi) is 4.73. The van der Waals surface area contributed by atoms with E-state index in [-0.39, 0.29) is 12.5 Å². The minimum atomic E-state index is -3.56. The quantitative estimate of drug-likeness (QED) is 0.632. The SMILES string of the molecule is O=C1COC2(CCN(S(=O)(=O)c3ccc(-c4ccc5cc[nH]c5c4)s3)CC2)CN1C1CC1. The number of piperidine rings is 1. The molecule has 2 saturated heterocycles. The van der Waals surface area contributed by atoms with Crippen LogP contribution in [0.2, 0.25) is 0 Å². The smallest absolute Gasteiger partial charge is 0.252 e. The number of aromatic nitrogens is 1. The van der Waals surface area contributed by atoms with E-state index in [2.05, 4.69) is 11.1 Å². The highest BCUT2D eigenvalue weighted by Gasteiger charge is 2.47. The second kappa shape index (κ2) is 7.41. The number of carbonyl (C=O) groups is 1. The number of morpholine rings is 1. The Hall–Kier alpha value is -2.20. The van der Waals surface area contributed by atoms with Gasteiger partial charge in [-0.05, 0) is 60.9 Å². The molecule has 7 nitrogen and oxygen atoms in total. The third-order valence-corrected chi connectivity index (χ3v) is 10.4. The van der Waals surface area contributed by atoms with Crippen LogP contribution in [0.3, 0.4) is 0 Å². The summed E-state index contributed by atoms with van der Waals surface area (Å²) < 4.78 is 34.6. The molecule has 1 N–H and O–H groups in total. The zero-order valence-electron chi connectivity index (χ0n) is 17.6. The zero-order chi connectivity index (χ0) is 21.9. The van der Waals surface area contributed by atoms with E-state index in [0.29, 0.717) is 42.7 Å². The number of carbonyl (C=O) groups excluding carboxylic acids is 1. The Balaban J connectivity index is 1.18. The Bertz CT molecular complexity index is 1280. The number of H-pyrrole nitrogens is 1. The molecule has 3 aliphatic rings. The molecule has 3 fully saturated rings. The maximum atomic E-state index is 13.3. The molecule has 1 aromatic carbocycles. The van der Waals surface area contributed by atoms with Crippen molar-refractivity contribution in [1.82, 2.24) is 14.2 Å². The highest BCUT2D eigenvalue weighted by Crippen LogP contribution is 2.39. The van der Waals surface area contributed by atoms with Gasteiger partial charge in [-0.1, -0.05) is 12.1 Å². The van der Waals surface area contributed by atoms with Crippen LogP contribution in [0.4, 0.5) is 0 Å². The number of ether oxygens (including phenoxy) is 1. The van der Waals surface area contributed by atoms with Gasteiger partial charge in [0.25, 0.3) is 10.0 Å². The van der Waals surface area contributed by atoms with Crippen LogP contribution < -0.4 is 0 Å². The summed E-state index contributed by atoms with van der Waals surface area (Å²) in [6.45, 7) is 1.53. The van der Waals surface area contributed by atoms with E-state index >= 15 is 0 Å². The van der Waals surface area contributed by atoms with Gasteiger partial charge in [0.15, 0.2) is 0 Å². The lowest BCUT2D eigenvalue weighted by molar-refractivity contribution is -0.170. The molecule has 0 bridgehead atoms. The molecule has 32 heavy (non-hydrogen) atoms. The van der Waals surface area contributed by atoms with Crippen molar-refractivity contribution in [2.75, 3.05) is 26.2 Å². The van der Waals surface area contributed by atoms with Crippen LogP contribution >= 0.6 is 11.3 Å². The molecule has 168 valence electrons. The number of nitrogens with one attached hydrogen (secondary N) is 1. The monoisotopic (exact) mass is 471 g/mol. The predicted octanol–water partition coefficient (Wildman–Crippen LogP) is 3.44. The predicted molar refractivity (Wildman–Crippen MR) is 123 cm³/mol. The van der Waals surface area contributed by atoms with E-state index in [4.69, 9.17) is 4.74 Å². The molecule has 4 heterocycles. The molecule has 0 radical (unpaired) electrons. The third kappa shape index (κ3) is 3.48. The topological polar surface area (TPSA) is 82.7 Å². The van der Waals surface area contributed by atoms with Gasteiger partial charge in [0.05, 0.1) is 12.1 Å². The minimum absolute atomic E-state index is 0.0665. The van der Waals surface area contributed by atoms with Crippen molar-refractivity contribution >= 4 is 38.2 Å². The maximum absolute atomic E-state index is 13.3. The number of nitrogens with zero attached hydrogens (tertiary/aromatic N) is 2. The van der Waals surface area contributed by atoms with Gasteiger partial charge in [0.2, 0.25) is 5.91 Å². The van der Waals surface area contributed by atoms with Gasteiger partial charge in [-0.2, -0.15) is 4.31 Å². The molecule has 9 heteroatoms. The van der Waals surface area contributed by atoms with E-state index in [1.165, 1.54) is 11.3 Å². The van der Waals surface area contributed by atoms with Crippen molar-refractivity contribution in [1.29, 1.82) is 0 Å². The normalized spacial score (nSPS) is 22.1. The van der Waals surface area contributed by atoms with Gasteiger partial charge < -0.3 is 14.6 Å². The fourth-order valence-electron chi connectivity index (χ4n) is 4.84. The molecule has 0 unspecified atom stereocenters. The number of hydrogen-bond donors (Lipinski definition) is 1. The van der Waals surface area contributed by atoms with Crippen molar-refractivity contribution in [3.8, 4) is 10.4 Å². The van der Waals surface area contributed by atoms with Crippen molar-refractivity contribution in [2.45, 2.75) is 41.5 Å². The van der Waals surface area contributed by atoms with Crippen LogP contribution in [0, 0.1) is 0 Å². The first-order valence-corrected chi connectivity index (χ1v) is 13.3. The number of benzene rings is 1. The van der Waals surface area contributed by atoms with Gasteiger partial charge in [0, 0.05) is 35.7 Å². The molecule has 2 aliphatic heterocycles. The molecule has 0 atom stereocenters. The fraction of sp³-hybridized carbons (Fsp3) is 0.435. The summed E-state index contributed by atoms with van der Waals surface area (Å²) in [7, 11) is -3.56. The van der Waals surface area contributed by atoms with Gasteiger partial charge in [-0.15, -0.1) is 11.3 Å². The Morgan fingerprint density at radius 3 is 2.69 bits per heavy atom. The zero-order valence-corrected chi connectivity index (χ0v) is 19.3. The first kappa shape index (κ1) is 20.4. The first-order chi connectivity index (χ1) is 15.4. The van der Waals surface area contributed by atoms with E-state index in [0.717, 1.165) is 34.2 Å². The Morgan fingerprint density at radius 1 is 1.09 bits per heavy atom. The molecule has 1 aliphatic carbocycles. The van der Waals surface area contributed by atoms with E-state index in [1.54, 1.807) is 10.4 Å². The van der Waals surface area contributed by atoms with Crippen molar-refractivity contribution in [3.05, 3.63) is 42.6 Å². The summed E-state index contributed by atoms with van der Waals surface area (Å²) in [5.41, 5.74) is 1.63. The number of sulfonamides is 1. The summed E-state index contributed by atoms with van der Waals surface area (Å²) in [6.07, 6.45) is 5.27. The molecule has 1 saturated carbocycles. The van der Waals surface area contributed by atoms with E-state index < -0.39 is 15.6 Å². The summed E-state index contributed by atoms with van der Waals surface area (Å²) in [4.78, 5) is 18.3. The van der Waals surface area contributed by atoms with Crippen molar-refractivity contribution in [2.24, 2.45) is 0 Å². The van der Waals surface area contributed by atoms with Crippen LogP contribution in [0.5, 0.6) is 0 Å². The van der Waals surface area contributed by atoms with Crippen LogP contribution in [0.15, 0.2) is 46.8 Å². The molecule has 2 aromatic heterocycles. The van der Waals surface area contributed by atoms with Gasteiger partial charge in [-0.25, -0.2) is 8.42 Å². The van der Waals surface area contributed by atoms with Crippen LogP contribution in [-0.4, -0.2) is 66.4 Å². The third-order valence-electron chi connectivity index (χ3n) is 6.92. The fourth-order valence-corrected chi connectivity index (χ4v) is 7.74. The second-order valence-corrected chi connectivity index (χ2v) is 12.3. The lowest BCUT2D eigenvalue weighted by Crippen LogP contribution is -2.59. The number of thiophene rings is 1. The lowest BCUT2D eigenvalue weighted by Gasteiger charge is -2.46. The number of hydrogen-bond acceptors (Lipinski definition) is 5. The highest BCUT2D eigenvalue weighted by molar-refractivity contribution is 7.91. The average molecular weight is 472 g/mol. The summed E-state index contributed by atoms with van der Waals surface area (Å²) in [5, 5.41) is 1.13. The van der Waals surface area contributed by atoms with Crippen LogP contribution in [0.25, 0.3) is 21.3 Å². The Morgan fingerprint density at radius 2 is 1.91 bits per heavy atom. The number of fused-ring (bicyclic) bond motifs is 1. The number of aromatic amines is 1. The molecular weight excluding hydrogens is 446 g/mol. The molecule has 1 spiro atoms. The molecule has 3 aromatic rings. The second-order valence-electron chi connectivity index (χ2n) is 9.03. The Labute approximate surface area is 191 Å². The van der Waals surface area contributed by atoms with Crippen molar-refractivity contribution < 1.29 is 17.9 Å². The summed E-state index contributed by atoms with van der Waals surface area (Å²) in [6, 6.07) is 12.1. The molecule has 6 rings (SSSR count). The van der Waals surface area contributed by atoms with Crippen LogP contribution in [-0.2, 0) is 19.6 Å². The van der Waals surface area contributed by atoms with E-state index in [1.807, 2.05) is 35.4 Å². The van der Waals surface area contributed by atoms with Crippen molar-refractivity contribution in [3.63, 3.8) is 0 Å². The standard InChI is InChI=1S/C23H25N3O4S2/c27-21-14-30-23(15-26(21)18-3-4-18)8-11-25(12-9-23)32(28,29)22-6-5-20(31-22)17-2-1-16-7-10-24-19(16)13-17/h1-2,5-7,10,13,18,24H,3-4,8-9,11-12,14-15H2. The van der Waals surface area contributed by atoms with Gasteiger partial charge in [0.1, 0.15) is 10.8 Å². The highest BCUT2D eigenvalue weighted by atomic mass is 32.2.